The van der Waals surface area contributed by atoms with Crippen molar-refractivity contribution in [2.24, 2.45) is 7.05 Å². The molecule has 0 fully saturated rings. The molecule has 0 spiro atoms. The summed E-state index contributed by atoms with van der Waals surface area (Å²) in [5, 5.41) is 12.8. The molecule has 3 aromatic carbocycles. The van der Waals surface area contributed by atoms with E-state index in [2.05, 4.69) is 42.8 Å². The molecule has 23 heavy (non-hydrogen) atoms. The third-order valence-electron chi connectivity index (χ3n) is 4.69. The fourth-order valence-corrected chi connectivity index (χ4v) is 3.66. The first-order chi connectivity index (χ1) is 11.2. The Bertz CT molecular complexity index is 1010. The van der Waals surface area contributed by atoms with Gasteiger partial charge in [0.15, 0.2) is 0 Å². The fraction of sp³-hybridized carbons (Fsp3) is 0.143. The van der Waals surface area contributed by atoms with Gasteiger partial charge in [0.25, 0.3) is 0 Å². The van der Waals surface area contributed by atoms with E-state index in [0.29, 0.717) is 5.75 Å². The summed E-state index contributed by atoms with van der Waals surface area (Å²) in [6.45, 7) is 2.18. The highest BCUT2D eigenvalue weighted by Gasteiger charge is 2.18. The molecule has 1 N–H and O–H groups in total. The lowest BCUT2D eigenvalue weighted by Crippen LogP contribution is -1.95. The number of fused-ring (bicyclic) bond motifs is 3. The number of phenolic OH excluding ortho intramolecular Hbond substituents is 1. The van der Waals surface area contributed by atoms with E-state index in [1.54, 1.807) is 0 Å². The quantitative estimate of drug-likeness (QED) is 0.536. The van der Waals surface area contributed by atoms with Gasteiger partial charge in [-0.1, -0.05) is 55.5 Å². The highest BCUT2D eigenvalue weighted by Crippen LogP contribution is 2.41. The maximum absolute atomic E-state index is 10.7. The lowest BCUT2D eigenvalue weighted by molar-refractivity contribution is 0.482. The zero-order valence-electron chi connectivity index (χ0n) is 13.4. The summed E-state index contributed by atoms with van der Waals surface area (Å²) in [6.07, 6.45) is 0.922. The lowest BCUT2D eigenvalue weighted by atomic mass is 9.94. The van der Waals surface area contributed by atoms with E-state index < -0.39 is 0 Å². The third-order valence-corrected chi connectivity index (χ3v) is 4.69. The van der Waals surface area contributed by atoms with Crippen LogP contribution in [-0.2, 0) is 13.5 Å². The minimum absolute atomic E-state index is 0.354. The van der Waals surface area contributed by atoms with E-state index in [9.17, 15) is 5.11 Å². The van der Waals surface area contributed by atoms with Crippen LogP contribution in [0.25, 0.3) is 32.9 Å². The summed E-state index contributed by atoms with van der Waals surface area (Å²) >= 11 is 0. The molecule has 0 amide bonds. The van der Waals surface area contributed by atoms with Gasteiger partial charge in [0.2, 0.25) is 0 Å². The molecule has 0 aliphatic carbocycles. The Morgan fingerprint density at radius 1 is 0.957 bits per heavy atom. The molecule has 114 valence electrons. The van der Waals surface area contributed by atoms with Crippen LogP contribution in [0.2, 0.25) is 0 Å². The van der Waals surface area contributed by atoms with E-state index >= 15 is 0 Å². The first-order valence-corrected chi connectivity index (χ1v) is 7.99. The summed E-state index contributed by atoms with van der Waals surface area (Å²) in [5.41, 5.74) is 5.82. The van der Waals surface area contributed by atoms with E-state index in [4.69, 9.17) is 0 Å². The van der Waals surface area contributed by atoms with Crippen molar-refractivity contribution >= 4 is 21.8 Å². The minimum Gasteiger partial charge on any atom is -0.507 e. The van der Waals surface area contributed by atoms with Crippen molar-refractivity contribution in [1.82, 2.24) is 4.57 Å². The number of aryl methyl sites for hydroxylation is 2. The summed E-state index contributed by atoms with van der Waals surface area (Å²) in [5.74, 6) is 0.354. The lowest BCUT2D eigenvalue weighted by Gasteiger charge is -2.13. The largest absolute Gasteiger partial charge is 0.507 e. The van der Waals surface area contributed by atoms with Crippen molar-refractivity contribution in [3.8, 4) is 16.9 Å². The fourth-order valence-electron chi connectivity index (χ4n) is 3.66. The molecule has 0 saturated carbocycles. The average Bonchev–Trinajstić information content (AvgIpc) is 2.90. The van der Waals surface area contributed by atoms with E-state index in [0.717, 1.165) is 39.4 Å². The molecular weight excluding hydrogens is 282 g/mol. The Morgan fingerprint density at radius 3 is 2.39 bits per heavy atom. The van der Waals surface area contributed by atoms with Crippen molar-refractivity contribution in [3.63, 3.8) is 0 Å². The predicted octanol–water partition coefficient (Wildman–Crippen LogP) is 5.27. The first-order valence-electron chi connectivity index (χ1n) is 7.99. The Kier molecular flexibility index (Phi) is 3.12. The maximum atomic E-state index is 10.7. The van der Waals surface area contributed by atoms with Gasteiger partial charge in [0.05, 0.1) is 5.52 Å². The third kappa shape index (κ3) is 1.95. The van der Waals surface area contributed by atoms with Gasteiger partial charge in [-0.25, -0.2) is 0 Å². The standard InChI is InChI=1S/C21H19NO/c1-3-15-17(14-9-5-4-6-10-14)13-19(23)20-16-11-7-8-12-18(16)22(2)21(15)20/h4-13,23H,3H2,1-2H3. The number of para-hydroxylation sites is 1. The maximum Gasteiger partial charge on any atom is 0.126 e. The highest BCUT2D eigenvalue weighted by atomic mass is 16.3. The number of benzene rings is 3. The monoisotopic (exact) mass is 301 g/mol. The molecule has 4 aromatic rings. The highest BCUT2D eigenvalue weighted by molar-refractivity contribution is 6.13. The van der Waals surface area contributed by atoms with Crippen LogP contribution in [0.4, 0.5) is 0 Å². The second kappa shape index (κ2) is 5.17. The van der Waals surface area contributed by atoms with Gasteiger partial charge in [-0.05, 0) is 35.2 Å². The van der Waals surface area contributed by atoms with Gasteiger partial charge in [-0.15, -0.1) is 0 Å². The second-order valence-electron chi connectivity index (χ2n) is 5.94. The number of aromatic hydroxyl groups is 1. The summed E-state index contributed by atoms with van der Waals surface area (Å²) in [6, 6.07) is 20.5. The molecule has 0 aliphatic rings. The molecule has 0 saturated heterocycles. The van der Waals surface area contributed by atoms with Crippen molar-refractivity contribution in [1.29, 1.82) is 0 Å². The summed E-state index contributed by atoms with van der Waals surface area (Å²) in [4.78, 5) is 0. The van der Waals surface area contributed by atoms with Crippen molar-refractivity contribution in [2.75, 3.05) is 0 Å². The Labute approximate surface area is 135 Å². The van der Waals surface area contributed by atoms with Crippen molar-refractivity contribution in [3.05, 3.63) is 66.2 Å². The van der Waals surface area contributed by atoms with Crippen molar-refractivity contribution in [2.45, 2.75) is 13.3 Å². The van der Waals surface area contributed by atoms with Crippen LogP contribution in [0.5, 0.6) is 5.75 Å². The van der Waals surface area contributed by atoms with Gasteiger partial charge < -0.3 is 9.67 Å². The van der Waals surface area contributed by atoms with E-state index in [-0.39, 0.29) is 0 Å². The Hall–Kier alpha value is -2.74. The van der Waals surface area contributed by atoms with Crippen LogP contribution < -0.4 is 0 Å². The van der Waals surface area contributed by atoms with Gasteiger partial charge >= 0.3 is 0 Å². The first kappa shape index (κ1) is 13.9. The zero-order valence-corrected chi connectivity index (χ0v) is 13.4. The van der Waals surface area contributed by atoms with Gasteiger partial charge in [-0.2, -0.15) is 0 Å². The zero-order chi connectivity index (χ0) is 16.0. The van der Waals surface area contributed by atoms with Gasteiger partial charge in [-0.3, -0.25) is 0 Å². The van der Waals surface area contributed by atoms with Crippen LogP contribution >= 0.6 is 0 Å². The Morgan fingerprint density at radius 2 is 1.65 bits per heavy atom. The van der Waals surface area contributed by atoms with Crippen LogP contribution in [0.3, 0.4) is 0 Å². The minimum atomic E-state index is 0.354. The molecule has 0 radical (unpaired) electrons. The van der Waals surface area contributed by atoms with Crippen LogP contribution in [0.1, 0.15) is 12.5 Å². The number of hydrogen-bond acceptors (Lipinski definition) is 1. The number of aromatic nitrogens is 1. The molecule has 0 atom stereocenters. The number of rotatable bonds is 2. The predicted molar refractivity (Wildman–Crippen MR) is 96.9 cm³/mol. The molecule has 0 bridgehead atoms. The molecule has 1 heterocycles. The molecule has 0 unspecified atom stereocenters. The smallest absolute Gasteiger partial charge is 0.126 e. The molecule has 4 rings (SSSR count). The van der Waals surface area contributed by atoms with Gasteiger partial charge in [0.1, 0.15) is 5.75 Å². The molecule has 2 heteroatoms. The molecule has 1 aromatic heterocycles. The van der Waals surface area contributed by atoms with E-state index in [1.165, 1.54) is 5.56 Å². The molecule has 0 aliphatic heterocycles. The van der Waals surface area contributed by atoms with E-state index in [1.807, 2.05) is 36.4 Å². The Balaban J connectivity index is 2.20. The molecular formula is C21H19NO. The van der Waals surface area contributed by atoms with Crippen LogP contribution in [0, 0.1) is 0 Å². The number of phenols is 1. The molecule has 2 nitrogen and oxygen atoms in total. The summed E-state index contributed by atoms with van der Waals surface area (Å²) in [7, 11) is 2.08. The number of nitrogens with zero attached hydrogens (tertiary/aromatic N) is 1. The van der Waals surface area contributed by atoms with Crippen LogP contribution in [0.15, 0.2) is 60.7 Å². The SMILES string of the molecule is CCc1c(-c2ccccc2)cc(O)c2c3ccccc3n(C)c12. The van der Waals surface area contributed by atoms with Gasteiger partial charge in [0, 0.05) is 23.3 Å². The number of hydrogen-bond donors (Lipinski definition) is 1. The van der Waals surface area contributed by atoms with Crippen molar-refractivity contribution < 1.29 is 5.11 Å². The normalized spacial score (nSPS) is 11.4. The topological polar surface area (TPSA) is 25.2 Å². The average molecular weight is 301 g/mol. The van der Waals surface area contributed by atoms with Crippen LogP contribution in [-0.4, -0.2) is 9.67 Å². The second-order valence-corrected chi connectivity index (χ2v) is 5.94. The summed E-state index contributed by atoms with van der Waals surface area (Å²) < 4.78 is 2.20.